The molecule has 7 nitrogen and oxygen atoms in total. The van der Waals surface area contributed by atoms with Crippen LogP contribution in [0.4, 0.5) is 18.9 Å². The number of piperidine rings is 2. The zero-order valence-electron chi connectivity index (χ0n) is 19.5. The average molecular weight is 488 g/mol. The summed E-state index contributed by atoms with van der Waals surface area (Å²) in [5.41, 5.74) is 0.0598. The minimum Gasteiger partial charge on any atom is -0.369 e. The molecule has 0 spiro atoms. The summed E-state index contributed by atoms with van der Waals surface area (Å²) in [5.74, 6) is -0.832. The lowest BCUT2D eigenvalue weighted by molar-refractivity contribution is -0.138. The molecule has 2 bridgehead atoms. The third-order valence-corrected chi connectivity index (χ3v) is 7.35. The number of pyridine rings is 1. The number of carbonyl (C=O) groups is 2. The maximum Gasteiger partial charge on any atom is 0.418 e. The molecular formula is C25H28F3N5O2. The van der Waals surface area contributed by atoms with Crippen molar-refractivity contribution in [3.8, 4) is 0 Å². The first-order valence-electron chi connectivity index (χ1n) is 11.9. The number of benzene rings is 1. The van der Waals surface area contributed by atoms with Gasteiger partial charge in [-0.15, -0.1) is 0 Å². The number of alkyl halides is 3. The fourth-order valence-corrected chi connectivity index (χ4v) is 5.31. The number of hydrogen-bond donors (Lipinski definition) is 0. The van der Waals surface area contributed by atoms with Crippen molar-refractivity contribution in [2.75, 3.05) is 51.2 Å². The van der Waals surface area contributed by atoms with Crippen molar-refractivity contribution in [2.24, 2.45) is 0 Å². The van der Waals surface area contributed by atoms with Gasteiger partial charge in [-0.1, -0.05) is 0 Å². The molecule has 4 aliphatic rings. The zero-order chi connectivity index (χ0) is 24.7. The van der Waals surface area contributed by atoms with Crippen molar-refractivity contribution in [3.05, 3.63) is 59.4 Å². The van der Waals surface area contributed by atoms with Gasteiger partial charge >= 0.3 is 6.18 Å². The molecule has 1 aromatic heterocycles. The van der Waals surface area contributed by atoms with Crippen LogP contribution >= 0.6 is 0 Å². The molecule has 6 rings (SSSR count). The molecule has 4 fully saturated rings. The SMILES string of the molecule is CN1CCN(c2ccc(C(=O)N3CC4CCC3CN4C(=O)c3ncccc3C(F)(F)F)cc2)CC1. The number of halogens is 3. The number of fused-ring (bicyclic) bond motifs is 3. The molecule has 2 atom stereocenters. The van der Waals surface area contributed by atoms with Crippen molar-refractivity contribution < 1.29 is 22.8 Å². The second-order valence-corrected chi connectivity index (χ2v) is 9.53. The van der Waals surface area contributed by atoms with Gasteiger partial charge in [-0.3, -0.25) is 14.6 Å². The first kappa shape index (κ1) is 23.6. The van der Waals surface area contributed by atoms with E-state index in [0.717, 1.165) is 37.9 Å². The number of nitrogens with zero attached hydrogens (tertiary/aromatic N) is 5. The Kier molecular flexibility index (Phi) is 6.16. The van der Waals surface area contributed by atoms with E-state index in [1.54, 1.807) is 4.90 Å². The maximum absolute atomic E-state index is 13.4. The van der Waals surface area contributed by atoms with Gasteiger partial charge in [-0.2, -0.15) is 13.2 Å². The Balaban J connectivity index is 1.28. The molecule has 0 saturated carbocycles. The second kappa shape index (κ2) is 9.14. The highest BCUT2D eigenvalue weighted by molar-refractivity contribution is 5.96. The summed E-state index contributed by atoms with van der Waals surface area (Å²) in [6.45, 7) is 4.39. The van der Waals surface area contributed by atoms with Crippen molar-refractivity contribution in [1.29, 1.82) is 0 Å². The average Bonchev–Trinajstić information content (AvgIpc) is 2.88. The normalized spacial score (nSPS) is 23.0. The molecule has 10 heteroatoms. The van der Waals surface area contributed by atoms with Gasteiger partial charge in [0.2, 0.25) is 0 Å². The van der Waals surface area contributed by atoms with Crippen LogP contribution in [0, 0.1) is 0 Å². The quantitative estimate of drug-likeness (QED) is 0.667. The van der Waals surface area contributed by atoms with E-state index in [4.69, 9.17) is 0 Å². The smallest absolute Gasteiger partial charge is 0.369 e. The van der Waals surface area contributed by atoms with Gasteiger partial charge in [-0.25, -0.2) is 0 Å². The van der Waals surface area contributed by atoms with E-state index in [1.165, 1.54) is 17.2 Å². The summed E-state index contributed by atoms with van der Waals surface area (Å²) in [6, 6.07) is 9.11. The Hall–Kier alpha value is -3.14. The second-order valence-electron chi connectivity index (χ2n) is 9.53. The predicted molar refractivity (Wildman–Crippen MR) is 124 cm³/mol. The Bertz CT molecular complexity index is 1100. The lowest BCUT2D eigenvalue weighted by atomic mass is 9.89. The summed E-state index contributed by atoms with van der Waals surface area (Å²) in [7, 11) is 2.10. The van der Waals surface area contributed by atoms with Gasteiger partial charge in [0.25, 0.3) is 11.8 Å². The number of piperazine rings is 2. The molecule has 1 aromatic carbocycles. The molecule has 4 aliphatic heterocycles. The van der Waals surface area contributed by atoms with Crippen LogP contribution in [0.3, 0.4) is 0 Å². The molecular weight excluding hydrogens is 459 g/mol. The maximum atomic E-state index is 13.4. The van der Waals surface area contributed by atoms with Crippen molar-refractivity contribution in [3.63, 3.8) is 0 Å². The highest BCUT2D eigenvalue weighted by Gasteiger charge is 2.45. The molecule has 0 N–H and O–H groups in total. The van der Waals surface area contributed by atoms with E-state index in [-0.39, 0.29) is 24.5 Å². The number of hydrogen-bond acceptors (Lipinski definition) is 5. The summed E-state index contributed by atoms with van der Waals surface area (Å²) in [4.78, 5) is 37.9. The zero-order valence-corrected chi connectivity index (χ0v) is 19.5. The number of amides is 2. The number of rotatable bonds is 3. The molecule has 0 radical (unpaired) electrons. The molecule has 35 heavy (non-hydrogen) atoms. The Morgan fingerprint density at radius 1 is 0.886 bits per heavy atom. The summed E-state index contributed by atoms with van der Waals surface area (Å²) in [6.07, 6.45) is -2.09. The first-order valence-corrected chi connectivity index (χ1v) is 11.9. The fourth-order valence-electron chi connectivity index (χ4n) is 5.31. The summed E-state index contributed by atoms with van der Waals surface area (Å²) < 4.78 is 40.2. The molecule has 2 aromatic rings. The van der Waals surface area contributed by atoms with Crippen LogP contribution in [0.2, 0.25) is 0 Å². The van der Waals surface area contributed by atoms with Crippen LogP contribution in [-0.4, -0.2) is 89.9 Å². The number of anilines is 1. The Morgan fingerprint density at radius 3 is 2.06 bits per heavy atom. The first-order chi connectivity index (χ1) is 16.7. The minimum atomic E-state index is -4.66. The third kappa shape index (κ3) is 4.59. The molecule has 4 saturated heterocycles. The third-order valence-electron chi connectivity index (χ3n) is 7.35. The fraction of sp³-hybridized carbons (Fsp3) is 0.480. The lowest BCUT2D eigenvalue weighted by Crippen LogP contribution is -2.65. The largest absolute Gasteiger partial charge is 0.418 e. The molecule has 0 aliphatic carbocycles. The lowest BCUT2D eigenvalue weighted by Gasteiger charge is -2.51. The van der Waals surface area contributed by atoms with Gasteiger partial charge in [-0.05, 0) is 56.3 Å². The summed E-state index contributed by atoms with van der Waals surface area (Å²) >= 11 is 0. The van der Waals surface area contributed by atoms with Crippen LogP contribution in [0.15, 0.2) is 42.6 Å². The van der Waals surface area contributed by atoms with Gasteiger partial charge in [0.15, 0.2) is 0 Å². The highest BCUT2D eigenvalue weighted by Crippen LogP contribution is 2.35. The molecule has 2 unspecified atom stereocenters. The van der Waals surface area contributed by atoms with Crippen LogP contribution in [0.25, 0.3) is 0 Å². The number of carbonyl (C=O) groups excluding carboxylic acids is 2. The van der Waals surface area contributed by atoms with E-state index in [0.29, 0.717) is 24.9 Å². The van der Waals surface area contributed by atoms with Gasteiger partial charge in [0.1, 0.15) is 5.69 Å². The van der Waals surface area contributed by atoms with E-state index in [1.807, 2.05) is 24.3 Å². The number of aromatic nitrogens is 1. The predicted octanol–water partition coefficient (Wildman–Crippen LogP) is 2.98. The minimum absolute atomic E-state index is 0.106. The standard InChI is InChI=1S/C25H28F3N5O2/c1-30-11-13-31(14-12-30)18-6-4-17(5-7-18)23(34)32-15-20-9-8-19(32)16-33(20)24(35)22-21(25(26,27)28)3-2-10-29-22/h2-7,10,19-20H,8-9,11-16H2,1H3. The molecule has 186 valence electrons. The number of likely N-dealkylation sites (N-methyl/N-ethyl adjacent to an activating group) is 1. The van der Waals surface area contributed by atoms with E-state index < -0.39 is 23.3 Å². The van der Waals surface area contributed by atoms with E-state index in [9.17, 15) is 22.8 Å². The van der Waals surface area contributed by atoms with Crippen LogP contribution in [-0.2, 0) is 6.18 Å². The highest BCUT2D eigenvalue weighted by atomic mass is 19.4. The molecule has 2 amide bonds. The Labute approximate surface area is 202 Å². The van der Waals surface area contributed by atoms with Crippen molar-refractivity contribution >= 4 is 17.5 Å². The monoisotopic (exact) mass is 487 g/mol. The Morgan fingerprint density at radius 2 is 1.49 bits per heavy atom. The van der Waals surface area contributed by atoms with Crippen LogP contribution in [0.1, 0.15) is 39.3 Å². The van der Waals surface area contributed by atoms with Crippen LogP contribution in [0.5, 0.6) is 0 Å². The van der Waals surface area contributed by atoms with Crippen LogP contribution < -0.4 is 4.90 Å². The van der Waals surface area contributed by atoms with E-state index in [2.05, 4.69) is 21.8 Å². The van der Waals surface area contributed by atoms with Gasteiger partial charge in [0.05, 0.1) is 5.56 Å². The van der Waals surface area contributed by atoms with Crippen molar-refractivity contribution in [1.82, 2.24) is 19.7 Å². The van der Waals surface area contributed by atoms with Gasteiger partial charge in [0, 0.05) is 68.8 Å². The van der Waals surface area contributed by atoms with Crippen molar-refractivity contribution in [2.45, 2.75) is 31.1 Å². The molecule has 5 heterocycles. The topological polar surface area (TPSA) is 60.0 Å². The summed E-state index contributed by atoms with van der Waals surface area (Å²) in [5, 5.41) is 0. The van der Waals surface area contributed by atoms with E-state index >= 15 is 0 Å². The van der Waals surface area contributed by atoms with Gasteiger partial charge < -0.3 is 19.6 Å².